The van der Waals surface area contributed by atoms with Crippen molar-refractivity contribution in [1.82, 2.24) is 0 Å². The van der Waals surface area contributed by atoms with Gasteiger partial charge < -0.3 is 13.9 Å². The number of unbranched alkanes of at least 4 members (excludes halogenated alkanes) is 11. The van der Waals surface area contributed by atoms with Gasteiger partial charge in [0.25, 0.3) is 0 Å². The zero-order chi connectivity index (χ0) is 18.3. The molecule has 0 bridgehead atoms. The Bertz CT molecular complexity index is 329. The van der Waals surface area contributed by atoms with Crippen LogP contribution in [0.1, 0.15) is 84.0 Å². The Hall–Kier alpha value is 0.110. The Balaban J connectivity index is 3.38. The van der Waals surface area contributed by atoms with E-state index in [9.17, 15) is 9.46 Å². The molecule has 0 saturated carbocycles. The maximum atomic E-state index is 11.9. The monoisotopic (exact) mass is 364 g/mol. The molecule has 0 heterocycles. The van der Waals surface area contributed by atoms with Gasteiger partial charge >= 0.3 is 7.60 Å². The van der Waals surface area contributed by atoms with Gasteiger partial charge in [0.1, 0.15) is 13.2 Å². The minimum absolute atomic E-state index is 0.307. The molecule has 1 unspecified atom stereocenters. The highest BCUT2D eigenvalue weighted by atomic mass is 31.2. The maximum Gasteiger partial charge on any atom is 0.328 e. The molecule has 0 aliphatic carbocycles. The molecule has 146 valence electrons. The van der Waals surface area contributed by atoms with E-state index in [1.54, 1.807) is 0 Å². The van der Waals surface area contributed by atoms with Crippen molar-refractivity contribution >= 4 is 7.60 Å². The van der Waals surface area contributed by atoms with Crippen LogP contribution in [0.15, 0.2) is 0 Å². The van der Waals surface area contributed by atoms with Gasteiger partial charge in [0.15, 0.2) is 0 Å². The predicted molar refractivity (Wildman–Crippen MR) is 105 cm³/mol. The van der Waals surface area contributed by atoms with Gasteiger partial charge in [0, 0.05) is 6.16 Å². The SMILES string of the molecule is CCCCCCCCCCCCCCP(=O)(O)OCC[N+](C)(C)C. The average molecular weight is 365 g/mol. The first-order valence-electron chi connectivity index (χ1n) is 10.0. The highest BCUT2D eigenvalue weighted by molar-refractivity contribution is 7.52. The van der Waals surface area contributed by atoms with E-state index in [1.807, 2.05) is 0 Å². The smallest absolute Gasteiger partial charge is 0.328 e. The van der Waals surface area contributed by atoms with Crippen LogP contribution in [0.4, 0.5) is 0 Å². The lowest BCUT2D eigenvalue weighted by atomic mass is 10.1. The van der Waals surface area contributed by atoms with Crippen molar-refractivity contribution < 1.29 is 18.5 Å². The Labute approximate surface area is 151 Å². The van der Waals surface area contributed by atoms with Gasteiger partial charge in [0.2, 0.25) is 0 Å². The molecule has 0 spiro atoms. The van der Waals surface area contributed by atoms with Crippen LogP contribution >= 0.6 is 7.60 Å². The molecule has 5 heteroatoms. The standard InChI is InChI=1S/C19H42NO3P/c1-5-6-7-8-9-10-11-12-13-14-15-16-19-24(21,22)23-18-17-20(2,3)4/h5-19H2,1-4H3/p+1. The van der Waals surface area contributed by atoms with Gasteiger partial charge in [-0.3, -0.25) is 4.57 Å². The molecule has 0 aromatic heterocycles. The van der Waals surface area contributed by atoms with Crippen LogP contribution < -0.4 is 0 Å². The van der Waals surface area contributed by atoms with Crippen LogP contribution in [0.25, 0.3) is 0 Å². The van der Waals surface area contributed by atoms with E-state index in [4.69, 9.17) is 4.52 Å². The first-order chi connectivity index (χ1) is 11.3. The molecule has 0 aliphatic rings. The first kappa shape index (κ1) is 24.1. The third kappa shape index (κ3) is 18.4. The van der Waals surface area contributed by atoms with Gasteiger partial charge in [-0.25, -0.2) is 0 Å². The second kappa shape index (κ2) is 14.3. The summed E-state index contributed by atoms with van der Waals surface area (Å²) in [6.45, 7) is 3.37. The molecular weight excluding hydrogens is 321 g/mol. The van der Waals surface area contributed by atoms with Gasteiger partial charge in [-0.2, -0.15) is 0 Å². The summed E-state index contributed by atoms with van der Waals surface area (Å²) < 4.78 is 17.9. The highest BCUT2D eigenvalue weighted by Crippen LogP contribution is 2.42. The summed E-state index contributed by atoms with van der Waals surface area (Å²) in [5.74, 6) is 0. The van der Waals surface area contributed by atoms with E-state index in [2.05, 4.69) is 28.1 Å². The van der Waals surface area contributed by atoms with Crippen LogP contribution in [-0.4, -0.2) is 49.8 Å². The number of likely N-dealkylation sites (N-methyl/N-ethyl adjacent to an activating group) is 1. The fraction of sp³-hybridized carbons (Fsp3) is 1.00. The third-order valence-electron chi connectivity index (χ3n) is 4.35. The zero-order valence-electron chi connectivity index (χ0n) is 16.8. The van der Waals surface area contributed by atoms with Crippen molar-refractivity contribution in [1.29, 1.82) is 0 Å². The summed E-state index contributed by atoms with van der Waals surface area (Å²) in [7, 11) is 2.79. The van der Waals surface area contributed by atoms with Crippen molar-refractivity contribution in [3.63, 3.8) is 0 Å². The third-order valence-corrected chi connectivity index (χ3v) is 5.82. The molecule has 0 rings (SSSR count). The Morgan fingerprint density at radius 1 is 0.792 bits per heavy atom. The van der Waals surface area contributed by atoms with Crippen molar-refractivity contribution in [3.8, 4) is 0 Å². The Morgan fingerprint density at radius 3 is 1.62 bits per heavy atom. The maximum absolute atomic E-state index is 11.9. The second-order valence-electron chi connectivity index (χ2n) is 8.10. The molecule has 0 fully saturated rings. The first-order valence-corrected chi connectivity index (χ1v) is 11.8. The second-order valence-corrected chi connectivity index (χ2v) is 10.1. The van der Waals surface area contributed by atoms with Crippen molar-refractivity contribution in [3.05, 3.63) is 0 Å². The molecule has 1 N–H and O–H groups in total. The normalized spacial score (nSPS) is 14.7. The van der Waals surface area contributed by atoms with E-state index in [-0.39, 0.29) is 0 Å². The lowest BCUT2D eigenvalue weighted by molar-refractivity contribution is -0.870. The van der Waals surface area contributed by atoms with E-state index in [1.165, 1.54) is 64.2 Å². The summed E-state index contributed by atoms with van der Waals surface area (Å²) >= 11 is 0. The largest absolute Gasteiger partial charge is 0.329 e. The number of nitrogens with zero attached hydrogens (tertiary/aromatic N) is 1. The summed E-state index contributed by atoms with van der Waals surface area (Å²) in [6, 6.07) is 0. The quantitative estimate of drug-likeness (QED) is 0.208. The van der Waals surface area contributed by atoms with E-state index >= 15 is 0 Å². The van der Waals surface area contributed by atoms with Gasteiger partial charge in [0.05, 0.1) is 21.1 Å². The minimum Gasteiger partial charge on any atom is -0.329 e. The minimum atomic E-state index is -3.37. The van der Waals surface area contributed by atoms with Crippen molar-refractivity contribution in [2.75, 3.05) is 40.5 Å². The topological polar surface area (TPSA) is 46.5 Å². The van der Waals surface area contributed by atoms with E-state index in [0.29, 0.717) is 12.8 Å². The van der Waals surface area contributed by atoms with Crippen LogP contribution in [0, 0.1) is 0 Å². The van der Waals surface area contributed by atoms with Crippen LogP contribution in [0.3, 0.4) is 0 Å². The van der Waals surface area contributed by atoms with Crippen LogP contribution in [0.5, 0.6) is 0 Å². The molecule has 0 radical (unpaired) electrons. The number of quaternary nitrogens is 1. The lowest BCUT2D eigenvalue weighted by Gasteiger charge is -2.24. The van der Waals surface area contributed by atoms with Crippen LogP contribution in [0.2, 0.25) is 0 Å². The fourth-order valence-electron chi connectivity index (χ4n) is 2.67. The molecule has 0 aliphatic heterocycles. The Morgan fingerprint density at radius 2 is 1.21 bits per heavy atom. The molecule has 1 atom stereocenters. The van der Waals surface area contributed by atoms with Crippen molar-refractivity contribution in [2.24, 2.45) is 0 Å². The molecule has 0 saturated heterocycles. The average Bonchev–Trinajstić information content (AvgIpc) is 2.46. The zero-order valence-corrected chi connectivity index (χ0v) is 17.7. The van der Waals surface area contributed by atoms with E-state index in [0.717, 1.165) is 23.9 Å². The number of rotatable bonds is 17. The molecule has 0 aromatic carbocycles. The van der Waals surface area contributed by atoms with Crippen molar-refractivity contribution in [2.45, 2.75) is 84.0 Å². The fourth-order valence-corrected chi connectivity index (χ4v) is 3.79. The van der Waals surface area contributed by atoms with E-state index < -0.39 is 7.60 Å². The summed E-state index contributed by atoms with van der Waals surface area (Å²) in [5.41, 5.74) is 0. The number of hydrogen-bond acceptors (Lipinski definition) is 2. The summed E-state index contributed by atoms with van der Waals surface area (Å²) in [6.07, 6.45) is 15.5. The van der Waals surface area contributed by atoms with Gasteiger partial charge in [-0.1, -0.05) is 77.6 Å². The van der Waals surface area contributed by atoms with Gasteiger partial charge in [-0.15, -0.1) is 0 Å². The van der Waals surface area contributed by atoms with Gasteiger partial charge in [-0.05, 0) is 6.42 Å². The summed E-state index contributed by atoms with van der Waals surface area (Å²) in [4.78, 5) is 9.80. The summed E-state index contributed by atoms with van der Waals surface area (Å²) in [5, 5.41) is 0. The molecular formula is C19H43NO3P+. The Kier molecular flexibility index (Phi) is 14.4. The number of hydrogen-bond donors (Lipinski definition) is 1. The molecule has 0 aromatic rings. The highest BCUT2D eigenvalue weighted by Gasteiger charge is 2.20. The van der Waals surface area contributed by atoms with Crippen LogP contribution in [-0.2, 0) is 9.09 Å². The molecule has 24 heavy (non-hydrogen) atoms. The lowest BCUT2D eigenvalue weighted by Crippen LogP contribution is -2.37. The predicted octanol–water partition coefficient (Wildman–Crippen LogP) is 5.60. The molecule has 0 amide bonds. The molecule has 4 nitrogen and oxygen atoms in total.